The maximum atomic E-state index is 12.6. The minimum Gasteiger partial charge on any atom is -0.464 e. The van der Waals surface area contributed by atoms with E-state index in [0.717, 1.165) is 10.9 Å². The number of carbonyl (C=O) groups excluding carboxylic acids is 3. The minimum absolute atomic E-state index is 0.0394. The third kappa shape index (κ3) is 5.58. The first-order valence-corrected chi connectivity index (χ1v) is 13.4. The zero-order chi connectivity index (χ0) is 28.3. The average Bonchev–Trinajstić information content (AvgIpc) is 3.64. The highest BCUT2D eigenvalue weighted by molar-refractivity contribution is 5.96. The third-order valence-electron chi connectivity index (χ3n) is 7.19. The number of hydrogen-bond donors (Lipinski definition) is 1. The van der Waals surface area contributed by atoms with E-state index in [9.17, 15) is 14.4 Å². The minimum atomic E-state index is -0.946. The standard InChI is InChI=1S/C29H32N6O5/c1-4-39-28(38)29(2,3)35-18-22-11-10-21(16-23(22)32-35)25-31-27(40-33-25)20-12-14-34(15-13-20)24(36)17-30-26(37)19-8-6-5-7-9-19/h5-11,16,18,20H,4,12-15,17H2,1-3H3,(H,30,37). The number of likely N-dealkylation sites (tertiary alicyclic amines) is 1. The first-order valence-electron chi connectivity index (χ1n) is 13.4. The van der Waals surface area contributed by atoms with Gasteiger partial charge in [0, 0.05) is 41.7 Å². The number of nitrogens with one attached hydrogen (secondary N) is 1. The molecule has 0 spiro atoms. The van der Waals surface area contributed by atoms with Crippen LogP contribution >= 0.6 is 0 Å². The number of esters is 1. The molecule has 2 aromatic heterocycles. The molecule has 2 aromatic carbocycles. The molecule has 11 nitrogen and oxygen atoms in total. The van der Waals surface area contributed by atoms with Gasteiger partial charge in [-0.2, -0.15) is 10.1 Å². The van der Waals surface area contributed by atoms with E-state index in [4.69, 9.17) is 9.26 Å². The molecule has 40 heavy (non-hydrogen) atoms. The summed E-state index contributed by atoms with van der Waals surface area (Å²) < 4.78 is 12.4. The summed E-state index contributed by atoms with van der Waals surface area (Å²) in [6.45, 7) is 6.65. The molecule has 11 heteroatoms. The Morgan fingerprint density at radius 3 is 2.58 bits per heavy atom. The fraction of sp³-hybridized carbons (Fsp3) is 0.379. The summed E-state index contributed by atoms with van der Waals surface area (Å²) in [5.74, 6) is 0.294. The number of amides is 2. The van der Waals surface area contributed by atoms with Crippen molar-refractivity contribution in [2.45, 2.75) is 45.1 Å². The fourth-order valence-corrected chi connectivity index (χ4v) is 4.70. The molecular weight excluding hydrogens is 512 g/mol. The Labute approximate surface area is 231 Å². The van der Waals surface area contributed by atoms with Crippen LogP contribution in [0.15, 0.2) is 59.3 Å². The van der Waals surface area contributed by atoms with Crippen molar-refractivity contribution < 1.29 is 23.6 Å². The van der Waals surface area contributed by atoms with E-state index in [1.165, 1.54) is 0 Å². The van der Waals surface area contributed by atoms with Crippen LogP contribution in [0.2, 0.25) is 0 Å². The largest absolute Gasteiger partial charge is 0.464 e. The molecule has 0 bridgehead atoms. The molecule has 0 unspecified atom stereocenters. The summed E-state index contributed by atoms with van der Waals surface area (Å²) in [6.07, 6.45) is 3.19. The van der Waals surface area contributed by atoms with Gasteiger partial charge in [-0.05, 0) is 51.8 Å². The van der Waals surface area contributed by atoms with Gasteiger partial charge in [-0.15, -0.1) is 0 Å². The van der Waals surface area contributed by atoms with Gasteiger partial charge in [0.25, 0.3) is 5.91 Å². The number of piperidine rings is 1. The molecule has 1 fully saturated rings. The number of rotatable bonds is 8. The van der Waals surface area contributed by atoms with Gasteiger partial charge < -0.3 is 19.5 Å². The van der Waals surface area contributed by atoms with Gasteiger partial charge in [0.1, 0.15) is 0 Å². The predicted molar refractivity (Wildman–Crippen MR) is 146 cm³/mol. The Morgan fingerprint density at radius 1 is 1.10 bits per heavy atom. The highest BCUT2D eigenvalue weighted by Crippen LogP contribution is 2.30. The summed E-state index contributed by atoms with van der Waals surface area (Å²) in [7, 11) is 0. The topological polar surface area (TPSA) is 132 Å². The molecule has 0 radical (unpaired) electrons. The lowest BCUT2D eigenvalue weighted by atomic mass is 9.96. The lowest BCUT2D eigenvalue weighted by Crippen LogP contribution is -2.43. The molecule has 0 atom stereocenters. The number of nitrogens with zero attached hydrogens (tertiary/aromatic N) is 5. The molecule has 1 N–H and O–H groups in total. The van der Waals surface area contributed by atoms with E-state index in [1.54, 1.807) is 54.6 Å². The van der Waals surface area contributed by atoms with Crippen LogP contribution in [-0.2, 0) is 19.9 Å². The van der Waals surface area contributed by atoms with Crippen molar-refractivity contribution in [3.8, 4) is 11.4 Å². The monoisotopic (exact) mass is 544 g/mol. The molecular formula is C29H32N6O5. The van der Waals surface area contributed by atoms with Crippen molar-refractivity contribution in [2.75, 3.05) is 26.2 Å². The first-order chi connectivity index (χ1) is 19.3. The zero-order valence-corrected chi connectivity index (χ0v) is 22.8. The van der Waals surface area contributed by atoms with Crippen molar-refractivity contribution in [3.63, 3.8) is 0 Å². The van der Waals surface area contributed by atoms with Gasteiger partial charge >= 0.3 is 5.97 Å². The van der Waals surface area contributed by atoms with Crippen molar-refractivity contribution in [2.24, 2.45) is 0 Å². The van der Waals surface area contributed by atoms with Gasteiger partial charge in [0.2, 0.25) is 17.6 Å². The maximum absolute atomic E-state index is 12.6. The van der Waals surface area contributed by atoms with E-state index >= 15 is 0 Å². The van der Waals surface area contributed by atoms with Crippen molar-refractivity contribution >= 4 is 28.7 Å². The van der Waals surface area contributed by atoms with Crippen molar-refractivity contribution in [3.05, 3.63) is 66.2 Å². The molecule has 3 heterocycles. The lowest BCUT2D eigenvalue weighted by Gasteiger charge is -2.30. The quantitative estimate of drug-likeness (QED) is 0.333. The molecule has 0 saturated carbocycles. The Morgan fingerprint density at radius 2 is 1.85 bits per heavy atom. The second-order valence-electron chi connectivity index (χ2n) is 10.3. The average molecular weight is 545 g/mol. The summed E-state index contributed by atoms with van der Waals surface area (Å²) in [6, 6.07) is 14.5. The smallest absolute Gasteiger partial charge is 0.333 e. The number of benzene rings is 2. The van der Waals surface area contributed by atoms with Gasteiger partial charge in [0.15, 0.2) is 5.54 Å². The molecule has 4 aromatic rings. The molecule has 1 saturated heterocycles. The van der Waals surface area contributed by atoms with Gasteiger partial charge in [-0.25, -0.2) is 4.79 Å². The van der Waals surface area contributed by atoms with Crippen LogP contribution in [0.25, 0.3) is 22.3 Å². The number of fused-ring (bicyclic) bond motifs is 1. The summed E-state index contributed by atoms with van der Waals surface area (Å²) in [4.78, 5) is 43.6. The van der Waals surface area contributed by atoms with Crippen LogP contribution in [0.5, 0.6) is 0 Å². The Hall–Kier alpha value is -4.54. The van der Waals surface area contributed by atoms with Crippen LogP contribution in [0.4, 0.5) is 0 Å². The molecule has 0 aliphatic carbocycles. The summed E-state index contributed by atoms with van der Waals surface area (Å²) >= 11 is 0. The highest BCUT2D eigenvalue weighted by atomic mass is 16.5. The molecule has 1 aliphatic heterocycles. The Kier molecular flexibility index (Phi) is 7.63. The van der Waals surface area contributed by atoms with E-state index in [-0.39, 0.29) is 30.2 Å². The second-order valence-corrected chi connectivity index (χ2v) is 10.3. The van der Waals surface area contributed by atoms with Crippen LogP contribution in [0.3, 0.4) is 0 Å². The number of aromatic nitrogens is 4. The Balaban J connectivity index is 1.19. The predicted octanol–water partition coefficient (Wildman–Crippen LogP) is 3.52. The first kappa shape index (κ1) is 27.0. The fourth-order valence-electron chi connectivity index (χ4n) is 4.70. The summed E-state index contributed by atoms with van der Waals surface area (Å²) in [5.41, 5.74) is 1.03. The number of carbonyl (C=O) groups is 3. The molecule has 5 rings (SSSR count). The Bertz CT molecular complexity index is 1520. The van der Waals surface area contributed by atoms with E-state index in [0.29, 0.717) is 55.3 Å². The van der Waals surface area contributed by atoms with Crippen LogP contribution in [0, 0.1) is 0 Å². The maximum Gasteiger partial charge on any atom is 0.333 e. The normalized spacial score (nSPS) is 14.3. The zero-order valence-electron chi connectivity index (χ0n) is 22.8. The summed E-state index contributed by atoms with van der Waals surface area (Å²) in [5, 5.41) is 12.4. The molecule has 208 valence electrons. The van der Waals surface area contributed by atoms with E-state index in [1.807, 2.05) is 30.5 Å². The van der Waals surface area contributed by atoms with Gasteiger partial charge in [0.05, 0.1) is 18.7 Å². The van der Waals surface area contributed by atoms with Crippen LogP contribution < -0.4 is 5.32 Å². The van der Waals surface area contributed by atoms with Crippen molar-refractivity contribution in [1.82, 2.24) is 30.1 Å². The third-order valence-corrected chi connectivity index (χ3v) is 7.19. The van der Waals surface area contributed by atoms with Crippen LogP contribution in [-0.4, -0.2) is 68.8 Å². The van der Waals surface area contributed by atoms with E-state index in [2.05, 4.69) is 20.6 Å². The lowest BCUT2D eigenvalue weighted by molar-refractivity contribution is -0.152. The van der Waals surface area contributed by atoms with E-state index < -0.39 is 5.54 Å². The second kappa shape index (κ2) is 11.3. The number of ether oxygens (including phenoxy) is 1. The van der Waals surface area contributed by atoms with Crippen LogP contribution in [0.1, 0.15) is 55.8 Å². The SMILES string of the molecule is CCOC(=O)C(C)(C)n1cc2ccc(-c3noc(C4CCN(C(=O)CNC(=O)c5ccccc5)CC4)n3)cc2n1. The van der Waals surface area contributed by atoms with Gasteiger partial charge in [-0.1, -0.05) is 35.5 Å². The highest BCUT2D eigenvalue weighted by Gasteiger charge is 2.33. The molecule has 2 amide bonds. The number of hydrogen-bond acceptors (Lipinski definition) is 8. The molecule has 1 aliphatic rings. The van der Waals surface area contributed by atoms with Gasteiger partial charge in [-0.3, -0.25) is 14.3 Å². The van der Waals surface area contributed by atoms with Crippen molar-refractivity contribution in [1.29, 1.82) is 0 Å².